The molecule has 0 aliphatic rings. The van der Waals surface area contributed by atoms with Crippen LogP contribution in [0.3, 0.4) is 0 Å². The third kappa shape index (κ3) is 11.5. The van der Waals surface area contributed by atoms with Gasteiger partial charge in [0.2, 0.25) is 0 Å². The number of nitrogens with one attached hydrogen (secondary N) is 2. The van der Waals surface area contributed by atoms with Gasteiger partial charge in [0.15, 0.2) is 12.5 Å². The number of esters is 2. The third-order valence-corrected chi connectivity index (χ3v) is 7.84. The lowest BCUT2D eigenvalue weighted by Crippen LogP contribution is -2.47. The van der Waals surface area contributed by atoms with E-state index in [1.165, 1.54) is 21.0 Å². The smallest absolute Gasteiger partial charge is 0.459 e. The second-order valence-corrected chi connectivity index (χ2v) is 12.0. The van der Waals surface area contributed by atoms with E-state index >= 15 is 4.39 Å². The van der Waals surface area contributed by atoms with Crippen molar-refractivity contribution in [2.45, 2.75) is 71.8 Å². The predicted octanol–water partition coefficient (Wildman–Crippen LogP) is 4.43. The van der Waals surface area contributed by atoms with Crippen molar-refractivity contribution in [3.63, 3.8) is 0 Å². The minimum atomic E-state index is -4.39. The van der Waals surface area contributed by atoms with Crippen LogP contribution in [0.4, 0.5) is 8.78 Å². The third-order valence-electron chi connectivity index (χ3n) is 6.24. The summed E-state index contributed by atoms with van der Waals surface area (Å²) in [6, 6.07) is 12.3. The first-order valence-electron chi connectivity index (χ1n) is 14.3. The van der Waals surface area contributed by atoms with Crippen LogP contribution >= 0.6 is 7.75 Å². The second-order valence-electron chi connectivity index (χ2n) is 10.3. The summed E-state index contributed by atoms with van der Waals surface area (Å²) in [6.07, 6.45) is -0.538. The van der Waals surface area contributed by atoms with E-state index in [1.807, 2.05) is 23.2 Å². The Morgan fingerprint density at radius 1 is 1.02 bits per heavy atom. The van der Waals surface area contributed by atoms with Crippen molar-refractivity contribution in [1.29, 1.82) is 0 Å². The molecule has 0 radical (unpaired) electrons. The van der Waals surface area contributed by atoms with Gasteiger partial charge in [-0.25, -0.2) is 18.1 Å². The number of hydrogen-bond acceptors (Lipinski definition) is 10. The Bertz CT molecular complexity index is 1610. The van der Waals surface area contributed by atoms with E-state index in [2.05, 4.69) is 5.09 Å². The Balaban J connectivity index is 0.000000623. The first kappa shape index (κ1) is 38.3. The molecular formula is C30H40F2N3O10P. The van der Waals surface area contributed by atoms with Crippen molar-refractivity contribution in [2.75, 3.05) is 20.3 Å². The number of nitrogens with zero attached hydrogens (tertiary/aromatic N) is 1. The van der Waals surface area contributed by atoms with Crippen molar-refractivity contribution in [3.05, 3.63) is 75.6 Å². The van der Waals surface area contributed by atoms with Crippen molar-refractivity contribution < 1.29 is 46.2 Å². The number of methoxy groups -OCH3 is 1. The summed E-state index contributed by atoms with van der Waals surface area (Å²) in [6.45, 7) is 5.46. The van der Waals surface area contributed by atoms with Gasteiger partial charge >= 0.3 is 25.4 Å². The maximum atomic E-state index is 15.8. The normalized spacial score (nSPS) is 15.1. The molecule has 13 nitrogen and oxygen atoms in total. The maximum absolute atomic E-state index is 15.8. The van der Waals surface area contributed by atoms with E-state index in [1.54, 1.807) is 45.0 Å². The number of halogens is 2. The van der Waals surface area contributed by atoms with Gasteiger partial charge in [-0.1, -0.05) is 43.3 Å². The Kier molecular flexibility index (Phi) is 14.7. The largest absolute Gasteiger partial charge is 0.462 e. The monoisotopic (exact) mass is 671 g/mol. The highest BCUT2D eigenvalue weighted by Crippen LogP contribution is 2.48. The molecule has 2 unspecified atom stereocenters. The first-order chi connectivity index (χ1) is 21.7. The Morgan fingerprint density at radius 2 is 1.70 bits per heavy atom. The lowest BCUT2D eigenvalue weighted by atomic mass is 10.0. The highest BCUT2D eigenvalue weighted by Gasteiger charge is 2.44. The second kappa shape index (κ2) is 17.7. The summed E-state index contributed by atoms with van der Waals surface area (Å²) < 4.78 is 68.9. The van der Waals surface area contributed by atoms with Gasteiger partial charge in [-0.05, 0) is 39.1 Å². The van der Waals surface area contributed by atoms with E-state index in [-0.39, 0.29) is 12.2 Å². The molecule has 0 saturated heterocycles. The average molecular weight is 672 g/mol. The number of aromatic amines is 1. The number of H-pyrrole nitrogens is 1. The molecule has 0 aliphatic heterocycles. The summed E-state index contributed by atoms with van der Waals surface area (Å²) in [7, 11) is -3.11. The highest BCUT2D eigenvalue weighted by molar-refractivity contribution is 7.52. The van der Waals surface area contributed by atoms with Gasteiger partial charge in [-0.15, -0.1) is 0 Å². The number of carbonyl (C=O) groups is 2. The van der Waals surface area contributed by atoms with Gasteiger partial charge in [0.25, 0.3) is 5.56 Å². The fraction of sp³-hybridized carbons (Fsp3) is 0.467. The first-order valence-corrected chi connectivity index (χ1v) is 15.8. The van der Waals surface area contributed by atoms with Gasteiger partial charge in [-0.3, -0.25) is 28.5 Å². The van der Waals surface area contributed by atoms with Crippen LogP contribution in [0, 0.1) is 0 Å². The molecule has 0 bridgehead atoms. The Hall–Kier alpha value is -3.91. The summed E-state index contributed by atoms with van der Waals surface area (Å²) in [5, 5.41) is 3.99. The van der Waals surface area contributed by atoms with E-state index < -0.39 is 74.9 Å². The standard InChI is InChI=1S/C25H35FNO8P.C5H5FN2O2/c1-7-23(28)34-19(5)25(26,15-31-6)16-32-36(30,27-18(4)24(29)33-17(2)3)35-22-14-10-12-20-11-8-9-13-21(20)22;6-3-8-2-1-4(9)7-5(8)10/h8-14,17-19H,7,15-16H2,1-6H3,(H,27,30);1-2H,3H2,(H,7,9,10)/t18?,19-,25-,36?;/m0./s1. The summed E-state index contributed by atoms with van der Waals surface area (Å²) >= 11 is 0. The van der Waals surface area contributed by atoms with Gasteiger partial charge in [0, 0.05) is 31.2 Å². The average Bonchev–Trinajstić information content (AvgIpc) is 3.00. The van der Waals surface area contributed by atoms with Crippen molar-refractivity contribution >= 4 is 30.5 Å². The number of carbonyl (C=O) groups excluding carboxylic acids is 2. The number of aromatic nitrogens is 2. The molecular weight excluding hydrogens is 631 g/mol. The zero-order valence-corrected chi connectivity index (χ0v) is 27.4. The van der Waals surface area contributed by atoms with Crippen LogP contribution in [0.25, 0.3) is 10.8 Å². The van der Waals surface area contributed by atoms with Crippen molar-refractivity contribution in [3.8, 4) is 5.75 Å². The van der Waals surface area contributed by atoms with Crippen LogP contribution in [0.5, 0.6) is 5.75 Å². The van der Waals surface area contributed by atoms with Gasteiger partial charge in [-0.2, -0.15) is 5.09 Å². The Labute approximate surface area is 264 Å². The number of fused-ring (bicyclic) bond motifs is 1. The highest BCUT2D eigenvalue weighted by atomic mass is 31.2. The summed E-state index contributed by atoms with van der Waals surface area (Å²) in [5.41, 5.74) is -3.61. The Morgan fingerprint density at radius 3 is 2.30 bits per heavy atom. The number of ether oxygens (including phenoxy) is 3. The van der Waals surface area contributed by atoms with Gasteiger partial charge in [0.1, 0.15) is 17.9 Å². The molecule has 2 N–H and O–H groups in total. The van der Waals surface area contributed by atoms with Crippen LogP contribution in [0.2, 0.25) is 0 Å². The molecule has 254 valence electrons. The van der Waals surface area contributed by atoms with Crippen LogP contribution in [0.15, 0.2) is 64.3 Å². The molecule has 0 amide bonds. The van der Waals surface area contributed by atoms with Crippen molar-refractivity contribution in [1.82, 2.24) is 14.6 Å². The molecule has 0 aliphatic carbocycles. The fourth-order valence-electron chi connectivity index (χ4n) is 3.75. The molecule has 3 aromatic rings. The van der Waals surface area contributed by atoms with Gasteiger partial charge < -0.3 is 18.7 Å². The van der Waals surface area contributed by atoms with Crippen LogP contribution in [0.1, 0.15) is 41.0 Å². The number of hydrogen-bond donors (Lipinski definition) is 2. The quantitative estimate of drug-likeness (QED) is 0.174. The predicted molar refractivity (Wildman–Crippen MR) is 166 cm³/mol. The molecule has 4 atom stereocenters. The molecule has 1 aromatic heterocycles. The van der Waals surface area contributed by atoms with E-state index in [4.69, 9.17) is 23.3 Å². The lowest BCUT2D eigenvalue weighted by molar-refractivity contribution is -0.162. The zero-order valence-electron chi connectivity index (χ0n) is 26.5. The molecule has 0 saturated carbocycles. The SMILES string of the molecule is CCC(=O)O[C@@H](C)[C@](F)(COC)COP(=O)(NC(C)C(=O)OC(C)C)Oc1cccc2ccccc12.O=c1ccn(CF)c(=O)[nH]1. The molecule has 46 heavy (non-hydrogen) atoms. The fourth-order valence-corrected chi connectivity index (χ4v) is 5.31. The summed E-state index contributed by atoms with van der Waals surface area (Å²) in [4.78, 5) is 46.9. The maximum Gasteiger partial charge on any atom is 0.459 e. The molecule has 0 fully saturated rings. The molecule has 16 heteroatoms. The molecule has 3 rings (SSSR count). The van der Waals surface area contributed by atoms with Crippen LogP contribution in [-0.2, 0) is 39.7 Å². The molecule has 1 heterocycles. The minimum Gasteiger partial charge on any atom is -0.462 e. The molecule has 0 spiro atoms. The van der Waals surface area contributed by atoms with Gasteiger partial charge in [0.05, 0.1) is 19.3 Å². The number of alkyl halides is 2. The van der Waals surface area contributed by atoms with Crippen molar-refractivity contribution in [2.24, 2.45) is 0 Å². The van der Waals surface area contributed by atoms with E-state index in [0.717, 1.165) is 22.2 Å². The van der Waals surface area contributed by atoms with Crippen LogP contribution in [-0.4, -0.2) is 65.7 Å². The van der Waals surface area contributed by atoms with E-state index in [0.29, 0.717) is 5.39 Å². The zero-order chi connectivity index (χ0) is 34.5. The number of benzene rings is 2. The lowest BCUT2D eigenvalue weighted by Gasteiger charge is -2.32. The minimum absolute atomic E-state index is 0.0496. The van der Waals surface area contributed by atoms with E-state index in [9.17, 15) is 28.1 Å². The topological polar surface area (TPSA) is 164 Å². The summed E-state index contributed by atoms with van der Waals surface area (Å²) in [5.74, 6) is -1.10. The number of rotatable bonds is 15. The van der Waals surface area contributed by atoms with Crippen LogP contribution < -0.4 is 20.9 Å². The molecule has 2 aromatic carbocycles.